The highest BCUT2D eigenvalue weighted by Gasteiger charge is 2.20. The third-order valence-corrected chi connectivity index (χ3v) is 6.01. The first-order valence-electron chi connectivity index (χ1n) is 11.3. The fraction of sp³-hybridized carbons (Fsp3) is 0.333. The SMILES string of the molecule is Br.CCCc1ccc(OP(Oc2ccc(CCC)cc2)Oc2ccc(CCC)cc2)cc1. The molecule has 3 rings (SSSR count). The van der Waals surface area contributed by atoms with Gasteiger partial charge in [0.2, 0.25) is 0 Å². The molecule has 3 aromatic rings. The smallest absolute Gasteiger partial charge is 0.409 e. The average molecular weight is 517 g/mol. The lowest BCUT2D eigenvalue weighted by Crippen LogP contribution is -2.02. The van der Waals surface area contributed by atoms with Crippen molar-refractivity contribution in [2.75, 3.05) is 0 Å². The van der Waals surface area contributed by atoms with E-state index in [9.17, 15) is 0 Å². The van der Waals surface area contributed by atoms with E-state index < -0.39 is 8.60 Å². The van der Waals surface area contributed by atoms with Crippen LogP contribution in [0.25, 0.3) is 0 Å². The maximum atomic E-state index is 6.13. The summed E-state index contributed by atoms with van der Waals surface area (Å²) < 4.78 is 18.4. The molecule has 0 fully saturated rings. The molecule has 0 aliphatic carbocycles. The van der Waals surface area contributed by atoms with Crippen molar-refractivity contribution in [1.82, 2.24) is 0 Å². The summed E-state index contributed by atoms with van der Waals surface area (Å²) in [5, 5.41) is 0. The number of hydrogen-bond donors (Lipinski definition) is 0. The second-order valence-electron chi connectivity index (χ2n) is 7.68. The van der Waals surface area contributed by atoms with E-state index in [1.165, 1.54) is 16.7 Å². The van der Waals surface area contributed by atoms with E-state index in [1.54, 1.807) is 0 Å². The van der Waals surface area contributed by atoms with Gasteiger partial charge in [0.15, 0.2) is 0 Å². The fourth-order valence-electron chi connectivity index (χ4n) is 3.33. The van der Waals surface area contributed by atoms with Crippen molar-refractivity contribution in [1.29, 1.82) is 0 Å². The second kappa shape index (κ2) is 14.2. The topological polar surface area (TPSA) is 27.7 Å². The Bertz CT molecular complexity index is 773. The summed E-state index contributed by atoms with van der Waals surface area (Å²) in [4.78, 5) is 0. The maximum Gasteiger partial charge on any atom is 0.530 e. The lowest BCUT2D eigenvalue weighted by atomic mass is 10.1. The summed E-state index contributed by atoms with van der Waals surface area (Å²) in [5.74, 6) is 2.24. The first-order chi connectivity index (χ1) is 15.2. The van der Waals surface area contributed by atoms with Gasteiger partial charge in [0, 0.05) is 0 Å². The zero-order valence-electron chi connectivity index (χ0n) is 19.3. The van der Waals surface area contributed by atoms with Crippen molar-refractivity contribution in [3.63, 3.8) is 0 Å². The Morgan fingerprint density at radius 1 is 0.469 bits per heavy atom. The minimum absolute atomic E-state index is 0. The first kappa shape index (κ1) is 26.2. The van der Waals surface area contributed by atoms with Gasteiger partial charge in [0.05, 0.1) is 0 Å². The van der Waals surface area contributed by atoms with Crippen molar-refractivity contribution in [2.45, 2.75) is 59.3 Å². The van der Waals surface area contributed by atoms with Crippen LogP contribution < -0.4 is 13.6 Å². The summed E-state index contributed by atoms with van der Waals surface area (Å²) >= 11 is 0. The largest absolute Gasteiger partial charge is 0.530 e. The van der Waals surface area contributed by atoms with Gasteiger partial charge in [-0.05, 0) is 72.4 Å². The van der Waals surface area contributed by atoms with Gasteiger partial charge in [-0.3, -0.25) is 0 Å². The molecular weight excluding hydrogens is 483 g/mol. The number of hydrogen-bond acceptors (Lipinski definition) is 3. The Hall–Kier alpha value is -2.03. The quantitative estimate of drug-likeness (QED) is 0.225. The molecule has 0 radical (unpaired) electrons. The van der Waals surface area contributed by atoms with Gasteiger partial charge >= 0.3 is 8.60 Å². The molecule has 32 heavy (non-hydrogen) atoms. The molecular formula is C27H34BrO3P. The highest BCUT2D eigenvalue weighted by molar-refractivity contribution is 8.93. The number of rotatable bonds is 12. The summed E-state index contributed by atoms with van der Waals surface area (Å²) in [5.41, 5.74) is 3.91. The van der Waals surface area contributed by atoms with Crippen molar-refractivity contribution in [2.24, 2.45) is 0 Å². The molecule has 172 valence electrons. The highest BCUT2D eigenvalue weighted by atomic mass is 79.9. The second-order valence-corrected chi connectivity index (χ2v) is 8.67. The van der Waals surface area contributed by atoms with Gasteiger partial charge in [0.1, 0.15) is 17.2 Å². The van der Waals surface area contributed by atoms with Crippen LogP contribution >= 0.6 is 25.6 Å². The molecule has 0 spiro atoms. The van der Waals surface area contributed by atoms with Gasteiger partial charge in [-0.1, -0.05) is 76.4 Å². The molecule has 0 bridgehead atoms. The minimum Gasteiger partial charge on any atom is -0.409 e. The molecule has 5 heteroatoms. The van der Waals surface area contributed by atoms with Gasteiger partial charge < -0.3 is 13.6 Å². The van der Waals surface area contributed by atoms with E-state index in [0.717, 1.165) is 55.8 Å². The monoisotopic (exact) mass is 516 g/mol. The van der Waals surface area contributed by atoms with Crippen LogP contribution in [0.15, 0.2) is 72.8 Å². The third-order valence-electron chi connectivity index (χ3n) is 4.93. The van der Waals surface area contributed by atoms with Gasteiger partial charge in [-0.2, -0.15) is 0 Å². The van der Waals surface area contributed by atoms with E-state index in [2.05, 4.69) is 57.2 Å². The molecule has 0 unspecified atom stereocenters. The zero-order valence-corrected chi connectivity index (χ0v) is 21.9. The fourth-order valence-corrected chi connectivity index (χ4v) is 4.32. The Morgan fingerprint density at radius 2 is 0.719 bits per heavy atom. The molecule has 0 heterocycles. The third kappa shape index (κ3) is 8.48. The van der Waals surface area contributed by atoms with E-state index in [4.69, 9.17) is 13.6 Å². The van der Waals surface area contributed by atoms with Crippen LogP contribution in [-0.2, 0) is 19.3 Å². The molecule has 0 aromatic heterocycles. The first-order valence-corrected chi connectivity index (χ1v) is 12.4. The summed E-state index contributed by atoms with van der Waals surface area (Å²) in [6.45, 7) is 6.55. The zero-order chi connectivity index (χ0) is 21.9. The van der Waals surface area contributed by atoms with E-state index >= 15 is 0 Å². The Kier molecular flexibility index (Phi) is 11.6. The molecule has 0 saturated carbocycles. The Morgan fingerprint density at radius 3 is 0.938 bits per heavy atom. The standard InChI is InChI=1S/C27H33O3P.BrH/c1-4-7-22-10-16-25(17-11-22)28-31(29-26-18-12-23(8-5-2)13-19-26)30-27-20-14-24(9-6-3)15-21-27;/h10-21H,4-9H2,1-3H3;1H. The summed E-state index contributed by atoms with van der Waals surface area (Å²) in [6, 6.07) is 24.5. The van der Waals surface area contributed by atoms with E-state index in [1.807, 2.05) is 36.4 Å². The lowest BCUT2D eigenvalue weighted by molar-refractivity contribution is 0.388. The van der Waals surface area contributed by atoms with E-state index in [0.29, 0.717) is 0 Å². The van der Waals surface area contributed by atoms with Crippen LogP contribution in [0.5, 0.6) is 17.2 Å². The maximum absolute atomic E-state index is 6.13. The van der Waals surface area contributed by atoms with Crippen LogP contribution in [0.2, 0.25) is 0 Å². The Balaban J connectivity index is 0.00000363. The predicted octanol–water partition coefficient (Wildman–Crippen LogP) is 8.89. The van der Waals surface area contributed by atoms with Gasteiger partial charge in [-0.15, -0.1) is 17.0 Å². The average Bonchev–Trinajstić information content (AvgIpc) is 2.78. The predicted molar refractivity (Wildman–Crippen MR) is 140 cm³/mol. The van der Waals surface area contributed by atoms with Crippen molar-refractivity contribution < 1.29 is 13.6 Å². The lowest BCUT2D eigenvalue weighted by Gasteiger charge is -2.18. The molecule has 0 saturated heterocycles. The molecule has 0 N–H and O–H groups in total. The number of aryl methyl sites for hydroxylation is 3. The number of benzene rings is 3. The van der Waals surface area contributed by atoms with Crippen molar-refractivity contribution in [3.8, 4) is 17.2 Å². The molecule has 0 amide bonds. The molecule has 0 atom stereocenters. The highest BCUT2D eigenvalue weighted by Crippen LogP contribution is 2.42. The molecule has 0 aliphatic rings. The van der Waals surface area contributed by atoms with Crippen LogP contribution in [0.3, 0.4) is 0 Å². The van der Waals surface area contributed by atoms with Crippen LogP contribution in [0.4, 0.5) is 0 Å². The number of halogens is 1. The minimum atomic E-state index is -1.64. The van der Waals surface area contributed by atoms with Crippen molar-refractivity contribution in [3.05, 3.63) is 89.5 Å². The van der Waals surface area contributed by atoms with E-state index in [-0.39, 0.29) is 17.0 Å². The van der Waals surface area contributed by atoms with Crippen molar-refractivity contribution >= 4 is 25.6 Å². The summed E-state index contributed by atoms with van der Waals surface area (Å²) in [7, 11) is -1.64. The Labute approximate surface area is 204 Å². The summed E-state index contributed by atoms with van der Waals surface area (Å²) in [6.07, 6.45) is 6.58. The molecule has 3 nitrogen and oxygen atoms in total. The normalized spacial score (nSPS) is 10.5. The molecule has 0 aliphatic heterocycles. The van der Waals surface area contributed by atoms with Crippen LogP contribution in [0, 0.1) is 0 Å². The van der Waals surface area contributed by atoms with Crippen LogP contribution in [0.1, 0.15) is 56.7 Å². The van der Waals surface area contributed by atoms with Crippen LogP contribution in [-0.4, -0.2) is 0 Å². The van der Waals surface area contributed by atoms with Gasteiger partial charge in [0.25, 0.3) is 0 Å². The van der Waals surface area contributed by atoms with Gasteiger partial charge in [-0.25, -0.2) is 0 Å². The molecule has 3 aromatic carbocycles.